The van der Waals surface area contributed by atoms with E-state index in [0.29, 0.717) is 23.5 Å². The number of aromatic nitrogens is 4. The summed E-state index contributed by atoms with van der Waals surface area (Å²) >= 11 is 5.71. The van der Waals surface area contributed by atoms with E-state index in [-0.39, 0.29) is 11.9 Å². The maximum absolute atomic E-state index is 8.69. The van der Waals surface area contributed by atoms with Crippen molar-refractivity contribution in [2.24, 2.45) is 0 Å². The molecule has 0 radical (unpaired) electrons. The monoisotopic (exact) mass is 225 g/mol. The van der Waals surface area contributed by atoms with Crippen LogP contribution in [0.2, 0.25) is 5.28 Å². The first-order valence-corrected chi connectivity index (χ1v) is 4.68. The van der Waals surface area contributed by atoms with E-state index in [2.05, 4.69) is 25.3 Å². The smallest absolute Gasteiger partial charge is 0.226 e. The van der Waals surface area contributed by atoms with Crippen LogP contribution in [0.15, 0.2) is 12.4 Å². The Hall–Kier alpha value is -1.53. The van der Waals surface area contributed by atoms with E-state index in [1.807, 2.05) is 0 Å². The van der Waals surface area contributed by atoms with Crippen molar-refractivity contribution in [1.82, 2.24) is 19.9 Å². The van der Waals surface area contributed by atoms with Crippen molar-refractivity contribution in [3.8, 4) is 0 Å². The molecule has 0 aliphatic heterocycles. The number of hydrogen-bond donors (Lipinski definition) is 2. The molecule has 2 heterocycles. The molecule has 0 aromatic carbocycles. The van der Waals surface area contributed by atoms with Crippen molar-refractivity contribution in [3.05, 3.63) is 17.7 Å². The fourth-order valence-corrected chi connectivity index (χ4v) is 1.30. The van der Waals surface area contributed by atoms with Crippen LogP contribution in [0.4, 0.5) is 5.82 Å². The average Bonchev–Trinajstić information content (AvgIpc) is 2.25. The lowest BCUT2D eigenvalue weighted by Gasteiger charge is -2.05. The van der Waals surface area contributed by atoms with Crippen LogP contribution in [0.5, 0.6) is 0 Å². The minimum atomic E-state index is 0.00335. The lowest BCUT2D eigenvalue weighted by Crippen LogP contribution is -2.08. The Labute approximate surface area is 90.4 Å². The quantitative estimate of drug-likeness (QED) is 0.740. The molecule has 0 saturated heterocycles. The van der Waals surface area contributed by atoms with E-state index in [1.165, 1.54) is 6.20 Å². The predicted octanol–water partition coefficient (Wildman–Crippen LogP) is 0.477. The number of anilines is 1. The van der Waals surface area contributed by atoms with Gasteiger partial charge in [0, 0.05) is 18.9 Å². The third-order valence-electron chi connectivity index (χ3n) is 1.71. The van der Waals surface area contributed by atoms with Gasteiger partial charge in [-0.1, -0.05) is 0 Å². The van der Waals surface area contributed by atoms with Crippen LogP contribution >= 0.6 is 11.6 Å². The predicted molar refractivity (Wildman–Crippen MR) is 55.7 cm³/mol. The molecule has 2 aromatic heterocycles. The summed E-state index contributed by atoms with van der Waals surface area (Å²) in [4.78, 5) is 16.0. The number of aliphatic hydroxyl groups excluding tert-OH is 1. The number of hydrogen-bond acceptors (Lipinski definition) is 6. The zero-order valence-electron chi connectivity index (χ0n) is 7.68. The molecule has 0 saturated carbocycles. The molecule has 2 aromatic rings. The molecule has 0 unspecified atom stereocenters. The molecule has 2 N–H and O–H groups in total. The molecule has 0 bridgehead atoms. The van der Waals surface area contributed by atoms with E-state index in [0.717, 1.165) is 0 Å². The van der Waals surface area contributed by atoms with Crippen molar-refractivity contribution < 1.29 is 5.11 Å². The Balaban J connectivity index is 2.50. The van der Waals surface area contributed by atoms with Crippen molar-refractivity contribution in [1.29, 1.82) is 0 Å². The summed E-state index contributed by atoms with van der Waals surface area (Å²) in [6, 6.07) is 0. The van der Waals surface area contributed by atoms with Crippen LogP contribution in [0.3, 0.4) is 0 Å². The zero-order chi connectivity index (χ0) is 10.7. The molecular weight excluding hydrogens is 218 g/mol. The Morgan fingerprint density at radius 2 is 2.07 bits per heavy atom. The highest BCUT2D eigenvalue weighted by molar-refractivity contribution is 6.28. The van der Waals surface area contributed by atoms with Crippen LogP contribution in [-0.2, 0) is 0 Å². The van der Waals surface area contributed by atoms with Crippen LogP contribution in [0.25, 0.3) is 11.2 Å². The number of nitrogens with one attached hydrogen (secondary N) is 1. The number of fused-ring (bicyclic) bond motifs is 1. The number of halogens is 1. The number of aliphatic hydroxyl groups is 1. The molecule has 7 heteroatoms. The molecule has 0 amide bonds. The molecule has 78 valence electrons. The summed E-state index contributed by atoms with van der Waals surface area (Å²) in [6.45, 7) is 0.377. The van der Waals surface area contributed by atoms with E-state index >= 15 is 0 Å². The lowest BCUT2D eigenvalue weighted by atomic mass is 10.4. The van der Waals surface area contributed by atoms with Gasteiger partial charge in [0.05, 0.1) is 6.61 Å². The van der Waals surface area contributed by atoms with Crippen molar-refractivity contribution >= 4 is 28.6 Å². The van der Waals surface area contributed by atoms with Crippen molar-refractivity contribution in [3.63, 3.8) is 0 Å². The van der Waals surface area contributed by atoms with E-state index < -0.39 is 0 Å². The third kappa shape index (κ3) is 2.11. The van der Waals surface area contributed by atoms with Gasteiger partial charge in [0.1, 0.15) is 0 Å². The molecule has 0 aliphatic rings. The first kappa shape index (κ1) is 10.0. The average molecular weight is 226 g/mol. The number of rotatable bonds is 3. The fraction of sp³-hybridized carbons (Fsp3) is 0.250. The Morgan fingerprint density at radius 1 is 1.27 bits per heavy atom. The molecular formula is C8H8ClN5O. The Kier molecular flexibility index (Phi) is 2.89. The maximum atomic E-state index is 8.69. The highest BCUT2D eigenvalue weighted by Gasteiger charge is 2.07. The molecule has 2 rings (SSSR count). The highest BCUT2D eigenvalue weighted by atomic mass is 35.5. The summed E-state index contributed by atoms with van der Waals surface area (Å²) in [5.41, 5.74) is 0.966. The summed E-state index contributed by atoms with van der Waals surface area (Å²) in [7, 11) is 0. The normalized spacial score (nSPS) is 10.5. The van der Waals surface area contributed by atoms with E-state index in [1.54, 1.807) is 6.20 Å². The molecule has 0 aliphatic carbocycles. The largest absolute Gasteiger partial charge is 0.395 e. The lowest BCUT2D eigenvalue weighted by molar-refractivity contribution is 0.311. The summed E-state index contributed by atoms with van der Waals surface area (Å²) in [6.07, 6.45) is 3.07. The maximum Gasteiger partial charge on any atom is 0.226 e. The second kappa shape index (κ2) is 4.33. The first-order valence-electron chi connectivity index (χ1n) is 4.30. The van der Waals surface area contributed by atoms with Crippen molar-refractivity contribution in [2.75, 3.05) is 18.5 Å². The van der Waals surface area contributed by atoms with Gasteiger partial charge in [-0.2, -0.15) is 9.97 Å². The van der Waals surface area contributed by atoms with Gasteiger partial charge < -0.3 is 10.4 Å². The van der Waals surface area contributed by atoms with Crippen molar-refractivity contribution in [2.45, 2.75) is 0 Å². The van der Waals surface area contributed by atoms with E-state index in [4.69, 9.17) is 16.7 Å². The minimum Gasteiger partial charge on any atom is -0.395 e. The topological polar surface area (TPSA) is 83.8 Å². The van der Waals surface area contributed by atoms with Gasteiger partial charge in [0.25, 0.3) is 0 Å². The van der Waals surface area contributed by atoms with Crippen LogP contribution in [0, 0.1) is 0 Å². The first-order chi connectivity index (χ1) is 7.31. The Morgan fingerprint density at radius 3 is 2.87 bits per heavy atom. The van der Waals surface area contributed by atoms with Gasteiger partial charge in [-0.05, 0) is 11.6 Å². The molecule has 0 atom stereocenters. The van der Waals surface area contributed by atoms with Gasteiger partial charge >= 0.3 is 0 Å². The summed E-state index contributed by atoms with van der Waals surface area (Å²) in [5.74, 6) is 0.479. The second-order valence-electron chi connectivity index (χ2n) is 2.72. The molecule has 15 heavy (non-hydrogen) atoms. The van der Waals surface area contributed by atoms with Gasteiger partial charge in [-0.15, -0.1) is 0 Å². The summed E-state index contributed by atoms with van der Waals surface area (Å²) < 4.78 is 0. The Bertz CT molecular complexity index is 478. The molecule has 0 fully saturated rings. The van der Waals surface area contributed by atoms with Gasteiger partial charge in [-0.25, -0.2) is 9.97 Å². The van der Waals surface area contributed by atoms with Gasteiger partial charge in [0.2, 0.25) is 5.28 Å². The highest BCUT2D eigenvalue weighted by Crippen LogP contribution is 2.17. The third-order valence-corrected chi connectivity index (χ3v) is 1.88. The van der Waals surface area contributed by atoms with E-state index in [9.17, 15) is 0 Å². The second-order valence-corrected chi connectivity index (χ2v) is 3.06. The van der Waals surface area contributed by atoms with Crippen LogP contribution in [-0.4, -0.2) is 38.2 Å². The van der Waals surface area contributed by atoms with Crippen LogP contribution in [0.1, 0.15) is 0 Å². The van der Waals surface area contributed by atoms with Crippen LogP contribution < -0.4 is 5.32 Å². The fourth-order valence-electron chi connectivity index (χ4n) is 1.13. The zero-order valence-corrected chi connectivity index (χ0v) is 8.44. The SMILES string of the molecule is OCCNc1nc(Cl)nc2nccnc12. The minimum absolute atomic E-state index is 0.00335. The summed E-state index contributed by atoms with van der Waals surface area (Å²) in [5, 5.41) is 11.7. The standard InChI is InChI=1S/C8H8ClN5O/c9-8-13-6-5(10-1-2-11-6)7(14-8)12-3-4-15/h1-2,15H,3-4H2,(H,11,12,13,14). The van der Waals surface area contributed by atoms with Gasteiger partial charge in [0.15, 0.2) is 17.0 Å². The number of nitrogens with zero attached hydrogens (tertiary/aromatic N) is 4. The molecule has 0 spiro atoms. The molecule has 6 nitrogen and oxygen atoms in total. The van der Waals surface area contributed by atoms with Gasteiger partial charge in [-0.3, -0.25) is 0 Å².